The quantitative estimate of drug-likeness (QED) is 0.0345. The van der Waals surface area contributed by atoms with Gasteiger partial charge >= 0.3 is 11.9 Å². The first-order valence-corrected chi connectivity index (χ1v) is 30.1. The molecule has 5 heteroatoms. The standard InChI is InChI=1S/C65H114O5/c1-4-7-10-13-16-19-22-25-28-31-32-33-36-39-42-45-48-51-54-57-60-68-61-63(70-65(67)59-56-53-50-47-44-41-38-35-30-27-24-21-18-15-12-9-6-3)62-69-64(66)58-55-52-49-46-43-40-37-34-29-26-23-20-17-14-11-8-5-2/h8,11,16-17,19-20,25-26,28-29,32-33,37,40,63H,4-7,9-10,12-15,18,21-24,27,30-31,34-36,38-39,41-62H2,1-3H3/b11-8-,19-16-,20-17-,28-25-,29-26-,33-32-,40-37-. The van der Waals surface area contributed by atoms with Crippen LogP contribution >= 0.6 is 0 Å². The Bertz CT molecular complexity index is 1290. The maximum absolute atomic E-state index is 12.9. The van der Waals surface area contributed by atoms with Crippen molar-refractivity contribution in [1.29, 1.82) is 0 Å². The Kier molecular flexibility index (Phi) is 57.9. The molecule has 404 valence electrons. The molecule has 0 aromatic carbocycles. The molecule has 70 heavy (non-hydrogen) atoms. The second-order valence-corrected chi connectivity index (χ2v) is 19.9. The van der Waals surface area contributed by atoms with Crippen molar-refractivity contribution in [2.24, 2.45) is 0 Å². The number of rotatable bonds is 55. The molecule has 0 fully saturated rings. The first-order valence-electron chi connectivity index (χ1n) is 30.1. The van der Waals surface area contributed by atoms with Gasteiger partial charge in [0.2, 0.25) is 0 Å². The van der Waals surface area contributed by atoms with E-state index < -0.39 is 6.10 Å². The number of ether oxygens (including phenoxy) is 3. The lowest BCUT2D eigenvalue weighted by Crippen LogP contribution is -2.30. The fraction of sp³-hybridized carbons (Fsp3) is 0.754. The molecule has 1 atom stereocenters. The van der Waals surface area contributed by atoms with Crippen LogP contribution in [0.3, 0.4) is 0 Å². The summed E-state index contributed by atoms with van der Waals surface area (Å²) >= 11 is 0. The van der Waals surface area contributed by atoms with Crippen LogP contribution in [-0.4, -0.2) is 37.9 Å². The summed E-state index contributed by atoms with van der Waals surface area (Å²) < 4.78 is 17.5. The predicted molar refractivity (Wildman–Crippen MR) is 307 cm³/mol. The number of carbonyl (C=O) groups is 2. The molecule has 0 spiro atoms. The molecular formula is C65H114O5. The Morgan fingerprint density at radius 3 is 1.06 bits per heavy atom. The highest BCUT2D eigenvalue weighted by Crippen LogP contribution is 2.16. The van der Waals surface area contributed by atoms with Gasteiger partial charge in [0.15, 0.2) is 6.10 Å². The van der Waals surface area contributed by atoms with E-state index in [1.807, 2.05) is 0 Å². The summed E-state index contributed by atoms with van der Waals surface area (Å²) in [7, 11) is 0. The van der Waals surface area contributed by atoms with Gasteiger partial charge in [-0.05, 0) is 96.3 Å². The van der Waals surface area contributed by atoms with Gasteiger partial charge < -0.3 is 14.2 Å². The van der Waals surface area contributed by atoms with Gasteiger partial charge in [0, 0.05) is 19.4 Å². The van der Waals surface area contributed by atoms with Gasteiger partial charge in [-0.1, -0.05) is 266 Å². The molecular weight excluding hydrogens is 861 g/mol. The highest BCUT2D eigenvalue weighted by molar-refractivity contribution is 5.70. The lowest BCUT2D eigenvalue weighted by molar-refractivity contribution is -0.163. The second kappa shape index (κ2) is 60.4. The van der Waals surface area contributed by atoms with Crippen LogP contribution in [0.25, 0.3) is 0 Å². The molecule has 0 bridgehead atoms. The number of carbonyl (C=O) groups excluding carboxylic acids is 2. The zero-order valence-corrected chi connectivity index (χ0v) is 46.5. The van der Waals surface area contributed by atoms with Gasteiger partial charge in [-0.2, -0.15) is 0 Å². The van der Waals surface area contributed by atoms with E-state index in [-0.39, 0.29) is 25.2 Å². The third-order valence-electron chi connectivity index (χ3n) is 12.9. The molecule has 0 saturated carbocycles. The topological polar surface area (TPSA) is 61.8 Å². The van der Waals surface area contributed by atoms with Gasteiger partial charge in [-0.25, -0.2) is 0 Å². The van der Waals surface area contributed by atoms with Crippen LogP contribution in [-0.2, 0) is 23.8 Å². The number of hydrogen-bond donors (Lipinski definition) is 0. The van der Waals surface area contributed by atoms with Gasteiger partial charge in [0.1, 0.15) is 6.61 Å². The molecule has 5 nitrogen and oxygen atoms in total. The molecule has 0 saturated heterocycles. The Balaban J connectivity index is 4.33. The summed E-state index contributed by atoms with van der Waals surface area (Å²) in [6, 6.07) is 0. The summed E-state index contributed by atoms with van der Waals surface area (Å²) in [5, 5.41) is 0. The largest absolute Gasteiger partial charge is 0.462 e. The van der Waals surface area contributed by atoms with Crippen LogP contribution in [0.2, 0.25) is 0 Å². The minimum atomic E-state index is -0.555. The van der Waals surface area contributed by atoms with E-state index >= 15 is 0 Å². The van der Waals surface area contributed by atoms with Crippen molar-refractivity contribution in [3.63, 3.8) is 0 Å². The van der Waals surface area contributed by atoms with Crippen LogP contribution in [0, 0.1) is 0 Å². The van der Waals surface area contributed by atoms with Crippen molar-refractivity contribution in [3.8, 4) is 0 Å². The Morgan fingerprint density at radius 1 is 0.329 bits per heavy atom. The molecule has 0 aromatic heterocycles. The zero-order chi connectivity index (χ0) is 50.6. The number of allylic oxidation sites excluding steroid dienone is 14. The number of esters is 2. The molecule has 0 aliphatic carbocycles. The van der Waals surface area contributed by atoms with E-state index in [2.05, 4.69) is 106 Å². The second-order valence-electron chi connectivity index (χ2n) is 19.9. The molecule has 0 N–H and O–H groups in total. The third-order valence-corrected chi connectivity index (χ3v) is 12.9. The van der Waals surface area contributed by atoms with Crippen LogP contribution in [0.1, 0.15) is 290 Å². The van der Waals surface area contributed by atoms with E-state index in [9.17, 15) is 9.59 Å². The Labute approximate surface area is 435 Å². The predicted octanol–water partition coefficient (Wildman–Crippen LogP) is 20.8. The Hall–Kier alpha value is -2.92. The summed E-state index contributed by atoms with van der Waals surface area (Å²) in [6.45, 7) is 7.68. The molecule has 0 aliphatic rings. The minimum absolute atomic E-state index is 0.0677. The van der Waals surface area contributed by atoms with Gasteiger partial charge in [-0.15, -0.1) is 0 Å². The molecule has 0 heterocycles. The average Bonchev–Trinajstić information content (AvgIpc) is 3.36. The minimum Gasteiger partial charge on any atom is -0.462 e. The number of unbranched alkanes of at least 4 members (excludes halogenated alkanes) is 30. The first-order chi connectivity index (χ1) is 34.6. The summed E-state index contributed by atoms with van der Waals surface area (Å²) in [6.07, 6.45) is 80.4. The maximum Gasteiger partial charge on any atom is 0.306 e. The van der Waals surface area contributed by atoms with E-state index in [0.29, 0.717) is 19.4 Å². The van der Waals surface area contributed by atoms with Crippen LogP contribution < -0.4 is 0 Å². The van der Waals surface area contributed by atoms with Gasteiger partial charge in [-0.3, -0.25) is 9.59 Å². The Morgan fingerprint density at radius 2 is 0.643 bits per heavy atom. The van der Waals surface area contributed by atoms with E-state index in [0.717, 1.165) is 96.3 Å². The van der Waals surface area contributed by atoms with Crippen LogP contribution in [0.5, 0.6) is 0 Å². The molecule has 0 rings (SSSR count). The van der Waals surface area contributed by atoms with Crippen LogP contribution in [0.4, 0.5) is 0 Å². The first kappa shape index (κ1) is 67.1. The molecule has 0 aromatic rings. The van der Waals surface area contributed by atoms with E-state index in [1.165, 1.54) is 161 Å². The smallest absolute Gasteiger partial charge is 0.306 e. The fourth-order valence-electron chi connectivity index (χ4n) is 8.45. The average molecular weight is 976 g/mol. The van der Waals surface area contributed by atoms with Crippen molar-refractivity contribution in [2.45, 2.75) is 297 Å². The molecule has 0 aliphatic heterocycles. The van der Waals surface area contributed by atoms with Crippen molar-refractivity contribution in [3.05, 3.63) is 85.1 Å². The normalized spacial score (nSPS) is 12.8. The highest BCUT2D eigenvalue weighted by atomic mass is 16.6. The molecule has 0 amide bonds. The van der Waals surface area contributed by atoms with Gasteiger partial charge in [0.25, 0.3) is 0 Å². The van der Waals surface area contributed by atoms with E-state index in [1.54, 1.807) is 0 Å². The molecule has 0 radical (unpaired) electrons. The van der Waals surface area contributed by atoms with Crippen molar-refractivity contribution in [1.82, 2.24) is 0 Å². The monoisotopic (exact) mass is 975 g/mol. The summed E-state index contributed by atoms with van der Waals surface area (Å²) in [5.74, 6) is -0.420. The maximum atomic E-state index is 12.9. The zero-order valence-electron chi connectivity index (χ0n) is 46.5. The van der Waals surface area contributed by atoms with Crippen molar-refractivity contribution in [2.75, 3.05) is 19.8 Å². The SMILES string of the molecule is CC/C=C\C/C=C\C/C=C\C/C=C\CCCCCCC(=O)OCC(COCCCCCCCCC/C=C\C/C=C\C/C=C\CCCCC)OC(=O)CCCCCCCCCCCCCCCCCCC. The van der Waals surface area contributed by atoms with E-state index in [4.69, 9.17) is 14.2 Å². The van der Waals surface area contributed by atoms with Crippen LogP contribution in [0.15, 0.2) is 85.1 Å². The molecule has 1 unspecified atom stereocenters. The lowest BCUT2D eigenvalue weighted by atomic mass is 10.0. The fourth-order valence-corrected chi connectivity index (χ4v) is 8.45. The summed E-state index contributed by atoms with van der Waals surface area (Å²) in [5.41, 5.74) is 0. The third kappa shape index (κ3) is 57.7. The van der Waals surface area contributed by atoms with Crippen molar-refractivity contribution >= 4 is 11.9 Å². The van der Waals surface area contributed by atoms with Crippen molar-refractivity contribution < 1.29 is 23.8 Å². The number of hydrogen-bond acceptors (Lipinski definition) is 5. The lowest BCUT2D eigenvalue weighted by Gasteiger charge is -2.18. The summed E-state index contributed by atoms with van der Waals surface area (Å²) in [4.78, 5) is 25.6. The highest BCUT2D eigenvalue weighted by Gasteiger charge is 2.17. The van der Waals surface area contributed by atoms with Gasteiger partial charge in [0.05, 0.1) is 6.61 Å².